The SMILES string of the molecule is Cc1c(NC(=O)c2ccccc2)cccc1NC(=O)[C@@]12CCCC[C@H]1CNC2. The lowest BCUT2D eigenvalue weighted by Crippen LogP contribution is -2.44. The van der Waals surface area contributed by atoms with Crippen LogP contribution >= 0.6 is 0 Å². The highest BCUT2D eigenvalue weighted by Crippen LogP contribution is 2.44. The molecule has 2 aromatic rings. The summed E-state index contributed by atoms with van der Waals surface area (Å²) >= 11 is 0. The first-order chi connectivity index (χ1) is 13.6. The second-order valence-electron chi connectivity index (χ2n) is 7.98. The van der Waals surface area contributed by atoms with E-state index in [0.717, 1.165) is 43.6 Å². The van der Waals surface area contributed by atoms with E-state index in [4.69, 9.17) is 0 Å². The summed E-state index contributed by atoms with van der Waals surface area (Å²) in [6.45, 7) is 3.62. The Morgan fingerprint density at radius 2 is 1.75 bits per heavy atom. The van der Waals surface area contributed by atoms with Gasteiger partial charge in [0.15, 0.2) is 0 Å². The molecule has 2 aliphatic rings. The highest BCUT2D eigenvalue weighted by atomic mass is 16.2. The van der Waals surface area contributed by atoms with E-state index in [1.54, 1.807) is 12.1 Å². The molecule has 0 unspecified atom stereocenters. The number of rotatable bonds is 4. The maximum absolute atomic E-state index is 13.2. The van der Waals surface area contributed by atoms with Crippen LogP contribution in [0, 0.1) is 18.3 Å². The van der Waals surface area contributed by atoms with Gasteiger partial charge in [-0.2, -0.15) is 0 Å². The fourth-order valence-electron chi connectivity index (χ4n) is 4.63. The van der Waals surface area contributed by atoms with Crippen LogP contribution < -0.4 is 16.0 Å². The van der Waals surface area contributed by atoms with Gasteiger partial charge in [-0.25, -0.2) is 0 Å². The molecule has 1 saturated carbocycles. The molecule has 2 aromatic carbocycles. The minimum absolute atomic E-state index is 0.108. The first-order valence-corrected chi connectivity index (χ1v) is 10.1. The fourth-order valence-corrected chi connectivity index (χ4v) is 4.63. The smallest absolute Gasteiger partial charge is 0.255 e. The Labute approximate surface area is 165 Å². The van der Waals surface area contributed by atoms with Crippen LogP contribution in [-0.4, -0.2) is 24.9 Å². The Kier molecular flexibility index (Phi) is 5.18. The van der Waals surface area contributed by atoms with Crippen LogP contribution in [0.5, 0.6) is 0 Å². The van der Waals surface area contributed by atoms with Crippen molar-refractivity contribution in [1.29, 1.82) is 0 Å². The average Bonchev–Trinajstić information content (AvgIpc) is 3.17. The number of carbonyl (C=O) groups excluding carboxylic acids is 2. The number of benzene rings is 2. The predicted molar refractivity (Wildman–Crippen MR) is 111 cm³/mol. The third-order valence-corrected chi connectivity index (χ3v) is 6.36. The molecule has 5 heteroatoms. The van der Waals surface area contributed by atoms with E-state index in [-0.39, 0.29) is 17.2 Å². The second kappa shape index (κ2) is 7.76. The lowest BCUT2D eigenvalue weighted by molar-refractivity contribution is -0.128. The van der Waals surface area contributed by atoms with Crippen LogP contribution in [0.25, 0.3) is 0 Å². The molecule has 2 amide bonds. The van der Waals surface area contributed by atoms with Crippen molar-refractivity contribution in [3.8, 4) is 0 Å². The normalized spacial score (nSPS) is 23.7. The van der Waals surface area contributed by atoms with E-state index in [0.29, 0.717) is 17.2 Å². The molecule has 1 aliphatic heterocycles. The van der Waals surface area contributed by atoms with Crippen LogP contribution in [0.4, 0.5) is 11.4 Å². The Balaban J connectivity index is 1.52. The third-order valence-electron chi connectivity index (χ3n) is 6.36. The largest absolute Gasteiger partial charge is 0.325 e. The van der Waals surface area contributed by atoms with Gasteiger partial charge in [0.25, 0.3) is 5.91 Å². The van der Waals surface area contributed by atoms with Crippen LogP contribution in [0.3, 0.4) is 0 Å². The van der Waals surface area contributed by atoms with Gasteiger partial charge < -0.3 is 16.0 Å². The molecule has 1 saturated heterocycles. The molecule has 1 aliphatic carbocycles. The summed E-state index contributed by atoms with van der Waals surface area (Å²) in [6.07, 6.45) is 4.38. The number of hydrogen-bond donors (Lipinski definition) is 3. The number of hydrogen-bond acceptors (Lipinski definition) is 3. The summed E-state index contributed by atoms with van der Waals surface area (Å²) in [5, 5.41) is 9.55. The van der Waals surface area contributed by atoms with Crippen molar-refractivity contribution in [1.82, 2.24) is 5.32 Å². The van der Waals surface area contributed by atoms with Gasteiger partial charge in [0.2, 0.25) is 5.91 Å². The molecule has 0 radical (unpaired) electrons. The molecule has 0 bridgehead atoms. The Bertz CT molecular complexity index is 881. The van der Waals surface area contributed by atoms with Gasteiger partial charge in [-0.15, -0.1) is 0 Å². The third kappa shape index (κ3) is 3.42. The number of carbonyl (C=O) groups is 2. The van der Waals surface area contributed by atoms with Crippen LogP contribution in [0.1, 0.15) is 41.6 Å². The molecular weight excluding hydrogens is 350 g/mol. The van der Waals surface area contributed by atoms with Gasteiger partial charge in [-0.3, -0.25) is 9.59 Å². The number of fused-ring (bicyclic) bond motifs is 1. The molecule has 2 fully saturated rings. The molecule has 0 spiro atoms. The Morgan fingerprint density at radius 1 is 1.00 bits per heavy atom. The molecule has 5 nitrogen and oxygen atoms in total. The van der Waals surface area contributed by atoms with E-state index >= 15 is 0 Å². The van der Waals surface area contributed by atoms with Gasteiger partial charge in [0.1, 0.15) is 0 Å². The average molecular weight is 377 g/mol. The van der Waals surface area contributed by atoms with Gasteiger partial charge in [-0.05, 0) is 62.1 Å². The zero-order valence-electron chi connectivity index (χ0n) is 16.3. The van der Waals surface area contributed by atoms with Crippen LogP contribution in [-0.2, 0) is 4.79 Å². The van der Waals surface area contributed by atoms with E-state index in [1.807, 2.05) is 43.3 Å². The number of amides is 2. The summed E-state index contributed by atoms with van der Waals surface area (Å²) in [7, 11) is 0. The van der Waals surface area contributed by atoms with Crippen molar-refractivity contribution < 1.29 is 9.59 Å². The van der Waals surface area contributed by atoms with E-state index < -0.39 is 0 Å². The molecule has 1 heterocycles. The fraction of sp³-hybridized carbons (Fsp3) is 0.391. The predicted octanol–water partition coefficient (Wildman–Crippen LogP) is 3.97. The minimum Gasteiger partial charge on any atom is -0.325 e. The quantitative estimate of drug-likeness (QED) is 0.755. The Morgan fingerprint density at radius 3 is 2.54 bits per heavy atom. The first kappa shape index (κ1) is 18.7. The monoisotopic (exact) mass is 377 g/mol. The maximum Gasteiger partial charge on any atom is 0.255 e. The van der Waals surface area contributed by atoms with Gasteiger partial charge in [-0.1, -0.05) is 37.1 Å². The topological polar surface area (TPSA) is 70.2 Å². The van der Waals surface area contributed by atoms with Crippen molar-refractivity contribution in [2.24, 2.45) is 11.3 Å². The Hall–Kier alpha value is -2.66. The molecule has 4 rings (SSSR count). The van der Waals surface area contributed by atoms with Crippen molar-refractivity contribution in [2.45, 2.75) is 32.6 Å². The highest BCUT2D eigenvalue weighted by Gasteiger charge is 2.49. The standard InChI is InChI=1S/C23H27N3O2/c1-16-19(25-21(27)17-8-3-2-4-9-17)11-7-12-20(16)26-22(28)23-13-6-5-10-18(23)14-24-15-23/h2-4,7-9,11-12,18,24H,5-6,10,13-15H2,1H3,(H,25,27)(H,26,28)/t18-,23+/m0/s1. The summed E-state index contributed by atoms with van der Waals surface area (Å²) in [5.41, 5.74) is 2.66. The molecule has 146 valence electrons. The van der Waals surface area contributed by atoms with Gasteiger partial charge in [0.05, 0.1) is 5.41 Å². The minimum atomic E-state index is -0.298. The zero-order chi connectivity index (χ0) is 19.6. The van der Waals surface area contributed by atoms with E-state index in [1.165, 1.54) is 6.42 Å². The summed E-state index contributed by atoms with van der Waals surface area (Å²) in [4.78, 5) is 25.7. The number of anilines is 2. The van der Waals surface area contributed by atoms with Crippen molar-refractivity contribution in [3.05, 3.63) is 59.7 Å². The van der Waals surface area contributed by atoms with Crippen molar-refractivity contribution in [3.63, 3.8) is 0 Å². The lowest BCUT2D eigenvalue weighted by atomic mass is 9.67. The first-order valence-electron chi connectivity index (χ1n) is 10.1. The van der Waals surface area contributed by atoms with E-state index in [9.17, 15) is 9.59 Å². The highest BCUT2D eigenvalue weighted by molar-refractivity contribution is 6.05. The zero-order valence-corrected chi connectivity index (χ0v) is 16.3. The summed E-state index contributed by atoms with van der Waals surface area (Å²) < 4.78 is 0. The molecule has 0 aromatic heterocycles. The van der Waals surface area contributed by atoms with Crippen LogP contribution in [0.15, 0.2) is 48.5 Å². The maximum atomic E-state index is 13.2. The summed E-state index contributed by atoms with van der Waals surface area (Å²) in [6, 6.07) is 14.8. The van der Waals surface area contributed by atoms with Gasteiger partial charge in [0, 0.05) is 23.5 Å². The second-order valence-corrected chi connectivity index (χ2v) is 7.98. The van der Waals surface area contributed by atoms with Crippen molar-refractivity contribution in [2.75, 3.05) is 23.7 Å². The number of nitrogens with one attached hydrogen (secondary N) is 3. The molecular formula is C23H27N3O2. The molecule has 3 N–H and O–H groups in total. The van der Waals surface area contributed by atoms with Gasteiger partial charge >= 0.3 is 0 Å². The van der Waals surface area contributed by atoms with E-state index in [2.05, 4.69) is 16.0 Å². The van der Waals surface area contributed by atoms with Crippen LogP contribution in [0.2, 0.25) is 0 Å². The van der Waals surface area contributed by atoms with Crippen molar-refractivity contribution >= 4 is 23.2 Å². The molecule has 2 atom stereocenters. The molecule has 28 heavy (non-hydrogen) atoms. The summed E-state index contributed by atoms with van der Waals surface area (Å²) in [5.74, 6) is 0.373. The lowest BCUT2D eigenvalue weighted by Gasteiger charge is -2.37.